The van der Waals surface area contributed by atoms with Gasteiger partial charge in [-0.25, -0.2) is 4.39 Å². The molecule has 3 aromatic rings. The lowest BCUT2D eigenvalue weighted by Crippen LogP contribution is -1.98. The van der Waals surface area contributed by atoms with Crippen molar-refractivity contribution in [1.82, 2.24) is 0 Å². The first-order valence-electron chi connectivity index (χ1n) is 8.72. The molecule has 140 valence electrons. The quantitative estimate of drug-likeness (QED) is 0.586. The zero-order valence-electron chi connectivity index (χ0n) is 15.1. The molecule has 0 radical (unpaired) electrons. The van der Waals surface area contributed by atoms with Crippen molar-refractivity contribution in [2.24, 2.45) is 0 Å². The van der Waals surface area contributed by atoms with Gasteiger partial charge in [0.15, 0.2) is 5.76 Å². The standard InChI is InChI=1S/C23H17FO4/c1-26-18-7-5-15(6-8-18)14-27-19-9-10-20-21(13-19)28-22(23(20)25)12-16-3-2-4-17(24)11-16/h2-13H,14H2,1H3/b22-12-. The summed E-state index contributed by atoms with van der Waals surface area (Å²) in [5.74, 6) is 1.36. The lowest BCUT2D eigenvalue weighted by atomic mass is 10.1. The molecule has 4 nitrogen and oxygen atoms in total. The molecule has 0 bridgehead atoms. The average molecular weight is 376 g/mol. The zero-order valence-corrected chi connectivity index (χ0v) is 15.1. The van der Waals surface area contributed by atoms with E-state index in [1.54, 1.807) is 37.4 Å². The summed E-state index contributed by atoms with van der Waals surface area (Å²) in [7, 11) is 1.62. The number of hydrogen-bond acceptors (Lipinski definition) is 4. The van der Waals surface area contributed by atoms with Gasteiger partial charge < -0.3 is 14.2 Å². The number of carbonyl (C=O) groups is 1. The monoisotopic (exact) mass is 376 g/mol. The topological polar surface area (TPSA) is 44.8 Å². The number of benzene rings is 3. The molecule has 0 unspecified atom stereocenters. The molecule has 28 heavy (non-hydrogen) atoms. The van der Waals surface area contributed by atoms with Crippen LogP contribution in [-0.2, 0) is 6.61 Å². The van der Waals surface area contributed by atoms with E-state index in [1.165, 1.54) is 18.2 Å². The second-order valence-corrected chi connectivity index (χ2v) is 6.29. The largest absolute Gasteiger partial charge is 0.497 e. The maximum absolute atomic E-state index is 13.3. The fourth-order valence-electron chi connectivity index (χ4n) is 2.89. The first-order chi connectivity index (χ1) is 13.6. The first-order valence-corrected chi connectivity index (χ1v) is 8.72. The van der Waals surface area contributed by atoms with Crippen LogP contribution in [0, 0.1) is 5.82 Å². The average Bonchev–Trinajstić information content (AvgIpc) is 3.01. The van der Waals surface area contributed by atoms with E-state index in [0.29, 0.717) is 29.2 Å². The third-order valence-electron chi connectivity index (χ3n) is 4.35. The Balaban J connectivity index is 1.48. The van der Waals surface area contributed by atoms with Crippen molar-refractivity contribution < 1.29 is 23.4 Å². The van der Waals surface area contributed by atoms with E-state index in [2.05, 4.69) is 0 Å². The third kappa shape index (κ3) is 3.74. The summed E-state index contributed by atoms with van der Waals surface area (Å²) in [6.07, 6.45) is 1.53. The predicted molar refractivity (Wildman–Crippen MR) is 103 cm³/mol. The van der Waals surface area contributed by atoms with Crippen molar-refractivity contribution in [3.8, 4) is 17.2 Å². The number of halogens is 1. The number of hydrogen-bond donors (Lipinski definition) is 0. The number of ether oxygens (including phenoxy) is 3. The Bertz CT molecular complexity index is 1050. The van der Waals surface area contributed by atoms with Crippen LogP contribution in [0.15, 0.2) is 72.5 Å². The Hall–Kier alpha value is -3.60. The van der Waals surface area contributed by atoms with Crippen molar-refractivity contribution in [2.45, 2.75) is 6.61 Å². The number of fused-ring (bicyclic) bond motifs is 1. The summed E-state index contributed by atoms with van der Waals surface area (Å²) in [6.45, 7) is 0.378. The Morgan fingerprint density at radius 2 is 1.79 bits per heavy atom. The maximum atomic E-state index is 13.3. The lowest BCUT2D eigenvalue weighted by molar-refractivity contribution is 0.101. The normalized spacial score (nSPS) is 13.9. The molecule has 0 aromatic heterocycles. The minimum absolute atomic E-state index is 0.160. The van der Waals surface area contributed by atoms with Crippen molar-refractivity contribution >= 4 is 11.9 Å². The summed E-state index contributed by atoms with van der Waals surface area (Å²) < 4.78 is 30.0. The van der Waals surface area contributed by atoms with Crippen LogP contribution in [-0.4, -0.2) is 12.9 Å². The molecule has 0 fully saturated rings. The second-order valence-electron chi connectivity index (χ2n) is 6.29. The molecule has 5 heteroatoms. The van der Waals surface area contributed by atoms with Crippen LogP contribution in [0.3, 0.4) is 0 Å². The summed E-state index contributed by atoms with van der Waals surface area (Å²) in [5.41, 5.74) is 2.01. The van der Waals surface area contributed by atoms with Crippen LogP contribution < -0.4 is 14.2 Å². The molecule has 0 amide bonds. The third-order valence-corrected chi connectivity index (χ3v) is 4.35. The molecule has 4 rings (SSSR count). The second kappa shape index (κ2) is 7.56. The predicted octanol–water partition coefficient (Wildman–Crippen LogP) is 5.03. The minimum atomic E-state index is -0.369. The highest BCUT2D eigenvalue weighted by Gasteiger charge is 2.27. The van der Waals surface area contributed by atoms with Crippen LogP contribution in [0.1, 0.15) is 21.5 Å². The number of rotatable bonds is 5. The van der Waals surface area contributed by atoms with Crippen LogP contribution in [0.2, 0.25) is 0 Å². The first kappa shape index (κ1) is 17.8. The van der Waals surface area contributed by atoms with Gasteiger partial charge in [0.25, 0.3) is 0 Å². The van der Waals surface area contributed by atoms with Gasteiger partial charge >= 0.3 is 0 Å². The van der Waals surface area contributed by atoms with Crippen LogP contribution in [0.5, 0.6) is 17.2 Å². The lowest BCUT2D eigenvalue weighted by Gasteiger charge is -2.08. The van der Waals surface area contributed by atoms with Gasteiger partial charge in [0.2, 0.25) is 5.78 Å². The molecule has 0 spiro atoms. The summed E-state index contributed by atoms with van der Waals surface area (Å²) in [6, 6.07) is 18.7. The van der Waals surface area contributed by atoms with Gasteiger partial charge in [-0.15, -0.1) is 0 Å². The molecule has 0 saturated heterocycles. The molecule has 1 aliphatic rings. The number of carbonyl (C=O) groups excluding carboxylic acids is 1. The maximum Gasteiger partial charge on any atom is 0.231 e. The number of allylic oxidation sites excluding steroid dienone is 1. The van der Waals surface area contributed by atoms with E-state index in [9.17, 15) is 9.18 Å². The highest BCUT2D eigenvalue weighted by atomic mass is 19.1. The molecule has 3 aromatic carbocycles. The van der Waals surface area contributed by atoms with Crippen molar-refractivity contribution in [3.05, 3.63) is 95.0 Å². The van der Waals surface area contributed by atoms with E-state index < -0.39 is 0 Å². The summed E-state index contributed by atoms with van der Waals surface area (Å²) >= 11 is 0. The Kier molecular flexibility index (Phi) is 4.81. The van der Waals surface area contributed by atoms with Crippen molar-refractivity contribution in [1.29, 1.82) is 0 Å². The SMILES string of the molecule is COc1ccc(COc2ccc3c(c2)O/C(=C\c2cccc(F)c2)C3=O)cc1. The highest BCUT2D eigenvalue weighted by Crippen LogP contribution is 2.35. The van der Waals surface area contributed by atoms with Gasteiger partial charge in [0, 0.05) is 6.07 Å². The van der Waals surface area contributed by atoms with Crippen LogP contribution in [0.4, 0.5) is 4.39 Å². The molecule has 0 saturated carbocycles. The van der Waals surface area contributed by atoms with E-state index in [1.807, 2.05) is 24.3 Å². The number of Topliss-reactive ketones (excluding diaryl/α,β-unsaturated/α-hetero) is 1. The molecule has 0 atom stereocenters. The Labute approximate surface area is 161 Å². The molecule has 0 aliphatic carbocycles. The molecule has 0 N–H and O–H groups in total. The van der Waals surface area contributed by atoms with Gasteiger partial charge in [-0.2, -0.15) is 0 Å². The van der Waals surface area contributed by atoms with E-state index in [0.717, 1.165) is 11.3 Å². The van der Waals surface area contributed by atoms with Crippen molar-refractivity contribution in [2.75, 3.05) is 7.11 Å². The van der Waals surface area contributed by atoms with E-state index in [-0.39, 0.29) is 17.4 Å². The smallest absolute Gasteiger partial charge is 0.231 e. The van der Waals surface area contributed by atoms with E-state index in [4.69, 9.17) is 14.2 Å². The van der Waals surface area contributed by atoms with Gasteiger partial charge in [-0.05, 0) is 53.6 Å². The van der Waals surface area contributed by atoms with Gasteiger partial charge in [0.05, 0.1) is 12.7 Å². The van der Waals surface area contributed by atoms with Crippen LogP contribution in [0.25, 0.3) is 6.08 Å². The molecular formula is C23H17FO4. The van der Waals surface area contributed by atoms with Crippen LogP contribution >= 0.6 is 0 Å². The number of ketones is 1. The zero-order chi connectivity index (χ0) is 19.5. The highest BCUT2D eigenvalue weighted by molar-refractivity contribution is 6.14. The fraction of sp³-hybridized carbons (Fsp3) is 0.0870. The molecule has 1 aliphatic heterocycles. The fourth-order valence-corrected chi connectivity index (χ4v) is 2.89. The number of methoxy groups -OCH3 is 1. The molecular weight excluding hydrogens is 359 g/mol. The summed E-state index contributed by atoms with van der Waals surface area (Å²) in [5, 5.41) is 0. The molecule has 1 heterocycles. The minimum Gasteiger partial charge on any atom is -0.497 e. The summed E-state index contributed by atoms with van der Waals surface area (Å²) in [4.78, 5) is 12.5. The Morgan fingerprint density at radius 3 is 2.54 bits per heavy atom. The van der Waals surface area contributed by atoms with Crippen molar-refractivity contribution in [3.63, 3.8) is 0 Å². The van der Waals surface area contributed by atoms with E-state index >= 15 is 0 Å². The Morgan fingerprint density at radius 1 is 1.00 bits per heavy atom. The van der Waals surface area contributed by atoms with Gasteiger partial charge in [-0.1, -0.05) is 24.3 Å². The van der Waals surface area contributed by atoms with Gasteiger partial charge in [0.1, 0.15) is 29.7 Å². The van der Waals surface area contributed by atoms with Gasteiger partial charge in [-0.3, -0.25) is 4.79 Å².